The number of amides is 2. The predicted octanol–water partition coefficient (Wildman–Crippen LogP) is 5.17. The van der Waals surface area contributed by atoms with Gasteiger partial charge in [-0.15, -0.1) is 11.3 Å². The first-order valence-electron chi connectivity index (χ1n) is 8.98. The van der Waals surface area contributed by atoms with Gasteiger partial charge in [0, 0.05) is 36.1 Å². The monoisotopic (exact) mass is 396 g/mol. The van der Waals surface area contributed by atoms with Crippen LogP contribution in [0, 0.1) is 5.82 Å². The first-order valence-corrected chi connectivity index (χ1v) is 9.80. The van der Waals surface area contributed by atoms with Gasteiger partial charge in [0.25, 0.3) is 5.91 Å². The summed E-state index contributed by atoms with van der Waals surface area (Å²) in [7, 11) is 0. The highest BCUT2D eigenvalue weighted by atomic mass is 32.1. The molecule has 0 spiro atoms. The van der Waals surface area contributed by atoms with Crippen LogP contribution in [0.3, 0.4) is 0 Å². The van der Waals surface area contributed by atoms with E-state index in [0.717, 1.165) is 5.56 Å². The van der Waals surface area contributed by atoms with Gasteiger partial charge < -0.3 is 10.2 Å². The Kier molecular flexibility index (Phi) is 6.21. The lowest BCUT2D eigenvalue weighted by Crippen LogP contribution is -2.27. The highest BCUT2D eigenvalue weighted by molar-refractivity contribution is 7.17. The smallest absolute Gasteiger partial charge is 0.265 e. The van der Waals surface area contributed by atoms with Gasteiger partial charge in [-0.05, 0) is 42.8 Å². The predicted molar refractivity (Wildman–Crippen MR) is 111 cm³/mol. The Morgan fingerprint density at radius 2 is 1.86 bits per heavy atom. The Morgan fingerprint density at radius 1 is 1.07 bits per heavy atom. The van der Waals surface area contributed by atoms with E-state index in [0.29, 0.717) is 34.1 Å². The fraction of sp³-hybridized carbons (Fsp3) is 0.182. The van der Waals surface area contributed by atoms with Crippen molar-refractivity contribution in [3.63, 3.8) is 0 Å². The third kappa shape index (κ3) is 4.64. The highest BCUT2D eigenvalue weighted by Crippen LogP contribution is 2.30. The molecule has 0 saturated carbocycles. The van der Waals surface area contributed by atoms with Gasteiger partial charge in [0.05, 0.1) is 4.88 Å². The van der Waals surface area contributed by atoms with Crippen molar-refractivity contribution >= 4 is 28.8 Å². The Bertz CT molecular complexity index is 999. The number of carbonyl (C=O) groups is 2. The van der Waals surface area contributed by atoms with Gasteiger partial charge in [0.15, 0.2) is 0 Å². The van der Waals surface area contributed by atoms with Gasteiger partial charge in [-0.3, -0.25) is 9.59 Å². The SMILES string of the molecule is CCN(Cc1cccc(NC(=O)c2ccc(-c3ccccc3F)s2)c1)C(C)=O. The number of carbonyl (C=O) groups excluding carboxylic acids is 2. The van der Waals surface area contributed by atoms with Crippen molar-refractivity contribution in [3.05, 3.63) is 76.9 Å². The van der Waals surface area contributed by atoms with E-state index in [1.165, 1.54) is 17.4 Å². The lowest BCUT2D eigenvalue weighted by atomic mass is 10.2. The molecule has 0 unspecified atom stereocenters. The lowest BCUT2D eigenvalue weighted by molar-refractivity contribution is -0.129. The third-order valence-corrected chi connectivity index (χ3v) is 5.47. The summed E-state index contributed by atoms with van der Waals surface area (Å²) in [5.74, 6) is -0.546. The maximum Gasteiger partial charge on any atom is 0.265 e. The van der Waals surface area contributed by atoms with Crippen LogP contribution in [-0.2, 0) is 11.3 Å². The van der Waals surface area contributed by atoms with Crippen molar-refractivity contribution in [1.82, 2.24) is 4.90 Å². The Labute approximate surface area is 167 Å². The van der Waals surface area contributed by atoms with Crippen LogP contribution in [-0.4, -0.2) is 23.3 Å². The molecule has 0 aliphatic carbocycles. The summed E-state index contributed by atoms with van der Waals surface area (Å²) >= 11 is 1.24. The first-order chi connectivity index (χ1) is 13.5. The summed E-state index contributed by atoms with van der Waals surface area (Å²) in [4.78, 5) is 27.1. The van der Waals surface area contributed by atoms with E-state index in [1.807, 2.05) is 25.1 Å². The summed E-state index contributed by atoms with van der Waals surface area (Å²) in [6, 6.07) is 17.4. The van der Waals surface area contributed by atoms with Crippen LogP contribution in [0.5, 0.6) is 0 Å². The van der Waals surface area contributed by atoms with Crippen molar-refractivity contribution in [2.75, 3.05) is 11.9 Å². The Morgan fingerprint density at radius 3 is 2.57 bits per heavy atom. The van der Waals surface area contributed by atoms with E-state index in [-0.39, 0.29) is 17.6 Å². The molecule has 28 heavy (non-hydrogen) atoms. The number of hydrogen-bond acceptors (Lipinski definition) is 3. The third-order valence-electron chi connectivity index (χ3n) is 4.35. The number of nitrogens with one attached hydrogen (secondary N) is 1. The molecule has 4 nitrogen and oxygen atoms in total. The minimum atomic E-state index is -0.310. The fourth-order valence-electron chi connectivity index (χ4n) is 2.87. The maximum absolute atomic E-state index is 13.9. The molecule has 1 N–H and O–H groups in total. The van der Waals surface area contributed by atoms with Crippen molar-refractivity contribution in [1.29, 1.82) is 0 Å². The summed E-state index contributed by atoms with van der Waals surface area (Å²) in [5, 5.41) is 2.87. The number of thiophene rings is 1. The molecule has 0 atom stereocenters. The van der Waals surface area contributed by atoms with Crippen molar-refractivity contribution in [2.24, 2.45) is 0 Å². The summed E-state index contributed by atoms with van der Waals surface area (Å²) in [5.41, 5.74) is 2.08. The van der Waals surface area contributed by atoms with E-state index >= 15 is 0 Å². The number of nitrogens with zero attached hydrogens (tertiary/aromatic N) is 1. The molecule has 1 aromatic heterocycles. The molecule has 0 saturated heterocycles. The molecule has 0 radical (unpaired) electrons. The van der Waals surface area contributed by atoms with Gasteiger partial charge in [0.1, 0.15) is 5.82 Å². The number of benzene rings is 2. The molecule has 6 heteroatoms. The molecule has 0 aliphatic rings. The molecule has 1 heterocycles. The molecule has 0 bridgehead atoms. The molecular formula is C22H21FN2O2S. The van der Waals surface area contributed by atoms with Gasteiger partial charge in [-0.2, -0.15) is 0 Å². The van der Waals surface area contributed by atoms with Gasteiger partial charge in [-0.25, -0.2) is 4.39 Å². The highest BCUT2D eigenvalue weighted by Gasteiger charge is 2.13. The molecule has 3 aromatic rings. The van der Waals surface area contributed by atoms with E-state index in [1.54, 1.807) is 48.2 Å². The summed E-state index contributed by atoms with van der Waals surface area (Å²) in [6.45, 7) is 4.59. The summed E-state index contributed by atoms with van der Waals surface area (Å²) < 4.78 is 13.9. The zero-order valence-electron chi connectivity index (χ0n) is 15.7. The van der Waals surface area contributed by atoms with Gasteiger partial charge >= 0.3 is 0 Å². The second-order valence-electron chi connectivity index (χ2n) is 6.33. The van der Waals surface area contributed by atoms with Crippen LogP contribution < -0.4 is 5.32 Å². The quantitative estimate of drug-likeness (QED) is 0.624. The van der Waals surface area contributed by atoms with Crippen LogP contribution in [0.4, 0.5) is 10.1 Å². The lowest BCUT2D eigenvalue weighted by Gasteiger charge is -2.19. The van der Waals surface area contributed by atoms with Crippen LogP contribution >= 0.6 is 11.3 Å². The summed E-state index contributed by atoms with van der Waals surface area (Å²) in [6.07, 6.45) is 0. The van der Waals surface area contributed by atoms with E-state index in [2.05, 4.69) is 5.32 Å². The maximum atomic E-state index is 13.9. The van der Waals surface area contributed by atoms with Crippen molar-refractivity contribution < 1.29 is 14.0 Å². The first kappa shape index (κ1) is 19.8. The fourth-order valence-corrected chi connectivity index (χ4v) is 3.80. The molecular weight excluding hydrogens is 375 g/mol. The van der Waals surface area contributed by atoms with E-state index < -0.39 is 0 Å². The second-order valence-corrected chi connectivity index (χ2v) is 7.42. The molecule has 3 rings (SSSR count). The largest absolute Gasteiger partial charge is 0.339 e. The van der Waals surface area contributed by atoms with Crippen LogP contribution in [0.2, 0.25) is 0 Å². The second kappa shape index (κ2) is 8.80. The zero-order valence-corrected chi connectivity index (χ0v) is 16.6. The minimum absolute atomic E-state index is 0.0104. The van der Waals surface area contributed by atoms with E-state index in [4.69, 9.17) is 0 Å². The average Bonchev–Trinajstić information content (AvgIpc) is 3.16. The topological polar surface area (TPSA) is 49.4 Å². The van der Waals surface area contributed by atoms with Gasteiger partial charge in [0.2, 0.25) is 5.91 Å². The number of halogens is 1. The molecule has 2 amide bonds. The molecule has 2 aromatic carbocycles. The molecule has 0 aliphatic heterocycles. The zero-order chi connectivity index (χ0) is 20.1. The van der Waals surface area contributed by atoms with Crippen LogP contribution in [0.1, 0.15) is 29.1 Å². The standard InChI is InChI=1S/C22H21FN2O2S/c1-3-25(15(2)26)14-16-7-6-8-17(13-16)24-22(27)21-12-11-20(28-21)18-9-4-5-10-19(18)23/h4-13H,3,14H2,1-2H3,(H,24,27). The number of rotatable bonds is 6. The van der Waals surface area contributed by atoms with Crippen molar-refractivity contribution in [2.45, 2.75) is 20.4 Å². The Balaban J connectivity index is 1.73. The Hall–Kier alpha value is -2.99. The minimum Gasteiger partial charge on any atom is -0.339 e. The van der Waals surface area contributed by atoms with E-state index in [9.17, 15) is 14.0 Å². The van der Waals surface area contributed by atoms with Crippen LogP contribution in [0.25, 0.3) is 10.4 Å². The number of hydrogen-bond donors (Lipinski definition) is 1. The molecule has 144 valence electrons. The normalized spacial score (nSPS) is 10.5. The molecule has 0 fully saturated rings. The van der Waals surface area contributed by atoms with Gasteiger partial charge in [-0.1, -0.05) is 30.3 Å². The van der Waals surface area contributed by atoms with Crippen molar-refractivity contribution in [3.8, 4) is 10.4 Å². The van der Waals surface area contributed by atoms with Crippen LogP contribution in [0.15, 0.2) is 60.7 Å². The number of anilines is 1. The average molecular weight is 396 g/mol.